The molecule has 6 heteroatoms. The zero-order valence-electron chi connectivity index (χ0n) is 12.0. The number of hydrogen-bond donors (Lipinski definition) is 2. The van der Waals surface area contributed by atoms with Crippen molar-refractivity contribution < 1.29 is 13.2 Å². The van der Waals surface area contributed by atoms with Crippen molar-refractivity contribution in [1.29, 1.82) is 0 Å². The van der Waals surface area contributed by atoms with Crippen molar-refractivity contribution in [3.05, 3.63) is 58.6 Å². The molecule has 0 atom stereocenters. The van der Waals surface area contributed by atoms with Crippen LogP contribution in [0.15, 0.2) is 42.5 Å². The largest absolute Gasteiger partial charge is 0.416 e. The summed E-state index contributed by atoms with van der Waals surface area (Å²) in [5, 5.41) is 6.79. The zero-order valence-corrected chi connectivity index (χ0v) is 12.7. The zero-order chi connectivity index (χ0) is 16.2. The first kappa shape index (κ1) is 16.5. The van der Waals surface area contributed by atoms with E-state index in [-0.39, 0.29) is 0 Å². The highest BCUT2D eigenvalue weighted by Crippen LogP contribution is 2.30. The van der Waals surface area contributed by atoms with Crippen LogP contribution in [0.5, 0.6) is 0 Å². The van der Waals surface area contributed by atoms with Gasteiger partial charge in [0.2, 0.25) is 0 Å². The number of hydrogen-bond acceptors (Lipinski definition) is 2. The molecule has 2 aromatic rings. The van der Waals surface area contributed by atoms with Crippen molar-refractivity contribution >= 4 is 23.0 Å². The van der Waals surface area contributed by atoms with E-state index >= 15 is 0 Å². The van der Waals surface area contributed by atoms with Crippen LogP contribution in [0.1, 0.15) is 11.1 Å². The van der Waals surface area contributed by atoms with Gasteiger partial charge in [0.1, 0.15) is 0 Å². The Morgan fingerprint density at radius 3 is 2.18 bits per heavy atom. The van der Waals surface area contributed by atoms with Gasteiger partial charge in [0.05, 0.1) is 5.56 Å². The van der Waals surface area contributed by atoms with Gasteiger partial charge in [-0.2, -0.15) is 13.2 Å². The molecule has 0 saturated heterocycles. The van der Waals surface area contributed by atoms with Gasteiger partial charge < -0.3 is 10.6 Å². The minimum absolute atomic E-state index is 0.443. The summed E-state index contributed by atoms with van der Waals surface area (Å²) in [4.78, 5) is 0. The Balaban J connectivity index is 1.85. The highest BCUT2D eigenvalue weighted by Gasteiger charge is 2.30. The molecule has 0 radical (unpaired) electrons. The molecule has 0 aromatic heterocycles. The lowest BCUT2D eigenvalue weighted by atomic mass is 10.2. The maximum atomic E-state index is 12.6. The van der Waals surface area contributed by atoms with Crippen LogP contribution in [0.3, 0.4) is 0 Å². The minimum Gasteiger partial charge on any atom is -0.383 e. The molecule has 0 unspecified atom stereocenters. The van der Waals surface area contributed by atoms with Crippen LogP contribution in [0, 0.1) is 6.92 Å². The summed E-state index contributed by atoms with van der Waals surface area (Å²) in [6.07, 6.45) is -4.32. The summed E-state index contributed by atoms with van der Waals surface area (Å²) in [6, 6.07) is 10.8. The summed E-state index contributed by atoms with van der Waals surface area (Å²) in [6.45, 7) is 2.98. The van der Waals surface area contributed by atoms with Crippen molar-refractivity contribution in [3.63, 3.8) is 0 Å². The van der Waals surface area contributed by atoms with E-state index in [0.29, 0.717) is 23.8 Å². The molecular weight excluding hydrogens is 313 g/mol. The predicted octanol–water partition coefficient (Wildman–Crippen LogP) is 5.19. The first-order valence-corrected chi connectivity index (χ1v) is 7.15. The van der Waals surface area contributed by atoms with Gasteiger partial charge in [-0.15, -0.1) is 0 Å². The molecule has 0 spiro atoms. The molecule has 22 heavy (non-hydrogen) atoms. The van der Waals surface area contributed by atoms with Crippen molar-refractivity contribution in [3.8, 4) is 0 Å². The topological polar surface area (TPSA) is 24.1 Å². The second-order valence-corrected chi connectivity index (χ2v) is 5.30. The Bertz CT molecular complexity index is 642. The van der Waals surface area contributed by atoms with Crippen LogP contribution >= 0.6 is 11.6 Å². The lowest BCUT2D eigenvalue weighted by molar-refractivity contribution is -0.137. The van der Waals surface area contributed by atoms with E-state index in [0.717, 1.165) is 23.4 Å². The fraction of sp³-hybridized carbons (Fsp3) is 0.250. The number of alkyl halides is 3. The van der Waals surface area contributed by atoms with Gasteiger partial charge in [0.15, 0.2) is 0 Å². The molecule has 0 heterocycles. The standard InChI is InChI=1S/C16H16ClF3N2/c1-11-5-6-14(10-15(11)17)22-8-7-21-13-4-2-3-12(9-13)16(18,19)20/h2-6,9-10,21-22H,7-8H2,1H3. The minimum atomic E-state index is -4.32. The molecule has 0 fully saturated rings. The van der Waals surface area contributed by atoms with Gasteiger partial charge in [-0.25, -0.2) is 0 Å². The van der Waals surface area contributed by atoms with E-state index < -0.39 is 11.7 Å². The average molecular weight is 329 g/mol. The number of rotatable bonds is 5. The molecule has 2 nitrogen and oxygen atoms in total. The molecule has 0 aliphatic heterocycles. The molecule has 2 N–H and O–H groups in total. The number of anilines is 2. The first-order chi connectivity index (χ1) is 10.4. The van der Waals surface area contributed by atoms with Crippen LogP contribution < -0.4 is 10.6 Å². The Kier molecular flexibility index (Phi) is 5.19. The average Bonchev–Trinajstić information content (AvgIpc) is 2.47. The molecule has 0 saturated carbocycles. The molecule has 0 aliphatic carbocycles. The fourth-order valence-electron chi connectivity index (χ4n) is 1.92. The van der Waals surface area contributed by atoms with Gasteiger partial charge in [-0.1, -0.05) is 23.7 Å². The summed E-state index contributed by atoms with van der Waals surface area (Å²) in [7, 11) is 0. The van der Waals surface area contributed by atoms with Crippen LogP contribution in [0.4, 0.5) is 24.5 Å². The molecule has 2 rings (SSSR count). The number of halogens is 4. The maximum absolute atomic E-state index is 12.6. The SMILES string of the molecule is Cc1ccc(NCCNc2cccc(C(F)(F)F)c2)cc1Cl. The predicted molar refractivity (Wildman–Crippen MR) is 84.6 cm³/mol. The lowest BCUT2D eigenvalue weighted by Crippen LogP contribution is -2.14. The van der Waals surface area contributed by atoms with Gasteiger partial charge in [0, 0.05) is 29.5 Å². The maximum Gasteiger partial charge on any atom is 0.416 e. The third kappa shape index (κ3) is 4.56. The Hall–Kier alpha value is -1.88. The van der Waals surface area contributed by atoms with Crippen molar-refractivity contribution in [1.82, 2.24) is 0 Å². The van der Waals surface area contributed by atoms with E-state index in [1.807, 2.05) is 25.1 Å². The van der Waals surface area contributed by atoms with Crippen LogP contribution in [0.25, 0.3) is 0 Å². The Morgan fingerprint density at radius 2 is 1.59 bits per heavy atom. The molecule has 0 amide bonds. The highest BCUT2D eigenvalue weighted by molar-refractivity contribution is 6.31. The van der Waals surface area contributed by atoms with Crippen molar-refractivity contribution in [2.45, 2.75) is 13.1 Å². The molecular formula is C16H16ClF3N2. The first-order valence-electron chi connectivity index (χ1n) is 6.77. The lowest BCUT2D eigenvalue weighted by Gasteiger charge is -2.12. The van der Waals surface area contributed by atoms with Crippen molar-refractivity contribution in [2.75, 3.05) is 23.7 Å². The molecule has 2 aromatic carbocycles. The second kappa shape index (κ2) is 6.92. The summed E-state index contributed by atoms with van der Waals surface area (Å²) < 4.78 is 37.8. The number of benzene rings is 2. The Morgan fingerprint density at radius 1 is 0.955 bits per heavy atom. The van der Waals surface area contributed by atoms with Crippen LogP contribution in [0.2, 0.25) is 5.02 Å². The third-order valence-corrected chi connectivity index (χ3v) is 3.55. The quantitative estimate of drug-likeness (QED) is 0.738. The smallest absolute Gasteiger partial charge is 0.383 e. The van der Waals surface area contributed by atoms with Gasteiger partial charge in [-0.05, 0) is 42.8 Å². The van der Waals surface area contributed by atoms with Crippen LogP contribution in [-0.4, -0.2) is 13.1 Å². The van der Waals surface area contributed by atoms with E-state index in [2.05, 4.69) is 10.6 Å². The van der Waals surface area contributed by atoms with Gasteiger partial charge in [-0.3, -0.25) is 0 Å². The molecule has 0 bridgehead atoms. The summed E-state index contributed by atoms with van der Waals surface area (Å²) in [5.41, 5.74) is 1.66. The fourth-order valence-corrected chi connectivity index (χ4v) is 2.10. The van der Waals surface area contributed by atoms with Crippen LogP contribution in [-0.2, 0) is 6.18 Å². The van der Waals surface area contributed by atoms with E-state index in [9.17, 15) is 13.2 Å². The third-order valence-electron chi connectivity index (χ3n) is 3.14. The normalized spacial score (nSPS) is 11.3. The Labute approximate surface area is 132 Å². The second-order valence-electron chi connectivity index (χ2n) is 4.90. The van der Waals surface area contributed by atoms with E-state index in [1.54, 1.807) is 6.07 Å². The van der Waals surface area contributed by atoms with Crippen molar-refractivity contribution in [2.24, 2.45) is 0 Å². The number of nitrogens with one attached hydrogen (secondary N) is 2. The van der Waals surface area contributed by atoms with Gasteiger partial charge >= 0.3 is 6.18 Å². The van der Waals surface area contributed by atoms with Gasteiger partial charge in [0.25, 0.3) is 0 Å². The highest BCUT2D eigenvalue weighted by atomic mass is 35.5. The summed E-state index contributed by atoms with van der Waals surface area (Å²) in [5.74, 6) is 0. The summed E-state index contributed by atoms with van der Waals surface area (Å²) >= 11 is 6.02. The molecule has 118 valence electrons. The molecule has 0 aliphatic rings. The number of aryl methyl sites for hydroxylation is 1. The van der Waals surface area contributed by atoms with E-state index in [1.165, 1.54) is 6.07 Å². The monoisotopic (exact) mass is 328 g/mol. The van der Waals surface area contributed by atoms with E-state index in [4.69, 9.17) is 11.6 Å².